The van der Waals surface area contributed by atoms with Crippen molar-refractivity contribution in [3.05, 3.63) is 36.0 Å². The molecule has 0 aromatic carbocycles. The van der Waals surface area contributed by atoms with Gasteiger partial charge >= 0.3 is 11.9 Å². The zero-order valence-electron chi connectivity index (χ0n) is 45.6. The summed E-state index contributed by atoms with van der Waals surface area (Å²) in [6.07, 6.45) is -17.8. The van der Waals surface area contributed by atoms with Gasteiger partial charge in [0.2, 0.25) is 0 Å². The minimum absolute atomic E-state index is 0.0678. The van der Waals surface area contributed by atoms with E-state index in [2.05, 4.69) is 40.3 Å². The molecule has 0 bridgehead atoms. The zero-order chi connectivity index (χ0) is 56.1. The lowest BCUT2D eigenvalue weighted by Crippen LogP contribution is -2.66. The second kappa shape index (κ2) is 22.0. The Labute approximate surface area is 449 Å². The molecule has 436 valence electrons. The van der Waals surface area contributed by atoms with Crippen LogP contribution in [0.4, 0.5) is 0 Å². The van der Waals surface area contributed by atoms with E-state index in [-0.39, 0.29) is 42.4 Å². The molecule has 0 unspecified atom stereocenters. The number of carbonyl (C=O) groups is 2. The van der Waals surface area contributed by atoms with Crippen LogP contribution in [-0.2, 0) is 61.7 Å². The number of methoxy groups -OCH3 is 1. The van der Waals surface area contributed by atoms with Gasteiger partial charge in [0.05, 0.1) is 43.4 Å². The molecule has 22 nitrogen and oxygen atoms in total. The van der Waals surface area contributed by atoms with Gasteiger partial charge in [-0.2, -0.15) is 0 Å². The number of esters is 2. The summed E-state index contributed by atoms with van der Waals surface area (Å²) in [4.78, 5) is 27.3. The largest absolute Gasteiger partial charge is 0.462 e. The van der Waals surface area contributed by atoms with Crippen molar-refractivity contribution in [2.75, 3.05) is 26.9 Å². The summed E-state index contributed by atoms with van der Waals surface area (Å²) < 4.78 is 65.9. The number of carbonyl (C=O) groups excluding carboxylic acids is 2. The van der Waals surface area contributed by atoms with E-state index in [9.17, 15) is 55.5 Å². The van der Waals surface area contributed by atoms with Crippen molar-refractivity contribution in [1.82, 2.24) is 0 Å². The number of allylic oxidation sites excluding steroid dienone is 4. The van der Waals surface area contributed by atoms with Gasteiger partial charge in [0, 0.05) is 25.9 Å². The molecule has 5 heterocycles. The number of hydrogen-bond donors (Lipinski definition) is 9. The molecular weight excluding hydrogens is 1010 g/mol. The van der Waals surface area contributed by atoms with Gasteiger partial charge in [-0.15, -0.1) is 0 Å². The van der Waals surface area contributed by atoms with Gasteiger partial charge in [0.1, 0.15) is 91.1 Å². The van der Waals surface area contributed by atoms with Crippen molar-refractivity contribution in [2.45, 2.75) is 229 Å². The van der Waals surface area contributed by atoms with Crippen molar-refractivity contribution >= 4 is 11.9 Å². The maximum absolute atomic E-state index is 14.6. The van der Waals surface area contributed by atoms with Crippen LogP contribution in [0.5, 0.6) is 0 Å². The van der Waals surface area contributed by atoms with Crippen LogP contribution in [0.2, 0.25) is 0 Å². The highest BCUT2D eigenvalue weighted by molar-refractivity contribution is 5.84. The Morgan fingerprint density at radius 3 is 2.09 bits per heavy atom. The summed E-state index contributed by atoms with van der Waals surface area (Å²) in [5.41, 5.74) is -1.11. The Morgan fingerprint density at radius 1 is 0.766 bits per heavy atom. The van der Waals surface area contributed by atoms with Crippen LogP contribution in [0.25, 0.3) is 0 Å². The number of ether oxygens (including phenoxy) is 11. The van der Waals surface area contributed by atoms with Crippen molar-refractivity contribution in [1.29, 1.82) is 0 Å². The van der Waals surface area contributed by atoms with Gasteiger partial charge in [-0.3, -0.25) is 9.59 Å². The molecule has 4 aliphatic carbocycles. The van der Waals surface area contributed by atoms with Crippen LogP contribution >= 0.6 is 0 Å². The van der Waals surface area contributed by atoms with Gasteiger partial charge in [0.15, 0.2) is 25.2 Å². The normalized spacial score (nSPS) is 51.4. The lowest BCUT2D eigenvalue weighted by Gasteiger charge is -2.63. The van der Waals surface area contributed by atoms with E-state index >= 15 is 0 Å². The standard InChI is InChI=1S/C55H84O22/c1-24(2)12-11-17-54(9)45-31(71-26(4)57)20-53(8)28-13-14-33-51(5,6)34(16-18-52(33,7)27(28)15-19-55(45,53)50(66)77-54)73-49-44(35(60)29(58)22-69-49)76-47-38(63)37(62)41(25(3)70-47)74-48-40(65)43(36(61)32(21-56)72-48)75-46-39(64)42(67-10)30(59)23-68-46/h11-13,25,27,29-49,56,58-65H,1,14-23H2,2-10H3/b12-11+/t25-,27-,29-,30-,31+,32-,33+,34+,35+,36-,37-,38-,39-,40-,41-,42+,43+,44-,45-,46+,47+,48+,49+,52-,53+,54+,55-/m1/s1. The topological polar surface area (TPSA) is 318 Å². The molecule has 5 saturated heterocycles. The fourth-order valence-corrected chi connectivity index (χ4v) is 15.9. The van der Waals surface area contributed by atoms with E-state index in [0.717, 1.165) is 18.4 Å². The Hall–Kier alpha value is -2.56. The highest BCUT2D eigenvalue weighted by Gasteiger charge is 2.79. The maximum atomic E-state index is 14.6. The molecular formula is C55H84O22. The number of rotatable bonds is 14. The molecule has 0 aromatic rings. The Balaban J connectivity index is 0.888. The van der Waals surface area contributed by atoms with Gasteiger partial charge < -0.3 is 98.1 Å². The fourth-order valence-electron chi connectivity index (χ4n) is 15.9. The SMILES string of the molecule is C=C(C)/C=C/C[C@]1(C)OC(=O)[C@]23CC[C@@H]4C(=CC[C@H]5C(C)(C)[C@@H](O[C@@H]6OC[C@@H](O)[C@H](O)[C@H]6O[C@@H]6O[C@H](C)[C@@H](O[C@@H]7O[C@H](CO)[C@@H](O)[C@H](O[C@@H]8OC[C@@H](O)[C@H](OC)[C@H]8O)[C@H]7O)[C@H](O)[C@H]6O)CC[C@]45C)[C@]2(C)C[C@H](OC(C)=O)[C@@H]31. The van der Waals surface area contributed by atoms with E-state index in [1.54, 1.807) is 0 Å². The third-order valence-electron chi connectivity index (χ3n) is 19.7. The van der Waals surface area contributed by atoms with Crippen molar-refractivity contribution < 1.29 is 108 Å². The molecule has 77 heavy (non-hydrogen) atoms. The fraction of sp³-hybridized carbons (Fsp3) is 0.855. The van der Waals surface area contributed by atoms with Crippen LogP contribution < -0.4 is 0 Å². The molecule has 3 saturated carbocycles. The second-order valence-electron chi connectivity index (χ2n) is 24.7. The van der Waals surface area contributed by atoms with Gasteiger partial charge in [-0.25, -0.2) is 0 Å². The first-order valence-electron chi connectivity index (χ1n) is 27.4. The average molecular weight is 1100 g/mol. The first-order chi connectivity index (χ1) is 36.2. The summed E-state index contributed by atoms with van der Waals surface area (Å²) >= 11 is 0. The third-order valence-corrected chi connectivity index (χ3v) is 19.7. The molecule has 0 amide bonds. The van der Waals surface area contributed by atoms with E-state index in [1.807, 2.05) is 26.0 Å². The summed E-state index contributed by atoms with van der Waals surface area (Å²) in [6.45, 7) is 18.2. The monoisotopic (exact) mass is 1100 g/mol. The van der Waals surface area contributed by atoms with E-state index in [0.29, 0.717) is 32.1 Å². The van der Waals surface area contributed by atoms with Gasteiger partial charge in [-0.05, 0) is 82.0 Å². The highest BCUT2D eigenvalue weighted by Crippen LogP contribution is 2.76. The van der Waals surface area contributed by atoms with Crippen LogP contribution in [0.1, 0.15) is 100 Å². The molecule has 9 aliphatic rings. The van der Waals surface area contributed by atoms with Crippen LogP contribution in [0.15, 0.2) is 36.0 Å². The molecule has 0 radical (unpaired) electrons. The number of aliphatic hydroxyl groups is 9. The second-order valence-corrected chi connectivity index (χ2v) is 24.7. The Bertz CT molecular complexity index is 2230. The van der Waals surface area contributed by atoms with Crippen molar-refractivity contribution in [3.63, 3.8) is 0 Å². The van der Waals surface area contributed by atoms with Crippen molar-refractivity contribution in [2.24, 2.45) is 39.4 Å². The minimum atomic E-state index is -1.87. The number of hydrogen-bond acceptors (Lipinski definition) is 22. The van der Waals surface area contributed by atoms with Crippen LogP contribution in [-0.4, -0.2) is 213 Å². The Morgan fingerprint density at radius 2 is 1.42 bits per heavy atom. The molecule has 0 aromatic heterocycles. The first-order valence-corrected chi connectivity index (χ1v) is 27.4. The predicted octanol–water partition coefficient (Wildman–Crippen LogP) is 0.569. The quantitative estimate of drug-likeness (QED) is 0.0652. The Kier molecular flexibility index (Phi) is 16.9. The summed E-state index contributed by atoms with van der Waals surface area (Å²) in [6, 6.07) is 0. The third kappa shape index (κ3) is 9.91. The number of aliphatic hydroxyl groups excluding tert-OH is 9. The highest BCUT2D eigenvalue weighted by atomic mass is 16.8. The molecule has 22 heteroatoms. The number of cyclic esters (lactones) is 1. The van der Waals surface area contributed by atoms with E-state index < -0.39 is 157 Å². The van der Waals surface area contributed by atoms with Gasteiger partial charge in [0.25, 0.3) is 0 Å². The molecule has 5 aliphatic heterocycles. The molecule has 9 rings (SSSR count). The summed E-state index contributed by atoms with van der Waals surface area (Å²) in [5, 5.41) is 99.1. The lowest BCUT2D eigenvalue weighted by molar-refractivity contribution is -0.387. The van der Waals surface area contributed by atoms with Gasteiger partial charge in [-0.1, -0.05) is 63.6 Å². The molecule has 9 N–H and O–H groups in total. The zero-order valence-corrected chi connectivity index (χ0v) is 45.6. The lowest BCUT2D eigenvalue weighted by atomic mass is 9.41. The van der Waals surface area contributed by atoms with Crippen LogP contribution in [0.3, 0.4) is 0 Å². The first kappa shape index (κ1) is 59.1. The molecule has 8 fully saturated rings. The van der Waals surface area contributed by atoms with Crippen LogP contribution in [0, 0.1) is 39.4 Å². The molecule has 1 spiro atoms. The number of fused-ring (bicyclic) bond motifs is 4. The minimum Gasteiger partial charge on any atom is -0.462 e. The maximum Gasteiger partial charge on any atom is 0.314 e. The van der Waals surface area contributed by atoms with Crippen molar-refractivity contribution in [3.8, 4) is 0 Å². The smallest absolute Gasteiger partial charge is 0.314 e. The summed E-state index contributed by atoms with van der Waals surface area (Å²) in [5.74, 6) is -0.832. The average Bonchev–Trinajstić information content (AvgIpc) is 3.86. The van der Waals surface area contributed by atoms with E-state index in [4.69, 9.17) is 52.1 Å². The summed E-state index contributed by atoms with van der Waals surface area (Å²) in [7, 11) is 1.26. The molecule has 27 atom stereocenters. The predicted molar refractivity (Wildman–Crippen MR) is 265 cm³/mol. The van der Waals surface area contributed by atoms with E-state index in [1.165, 1.54) is 26.5 Å².